The van der Waals surface area contributed by atoms with Crippen LogP contribution >= 0.6 is 15.9 Å². The molecule has 1 aromatic heterocycles. The molecule has 2 atom stereocenters. The van der Waals surface area contributed by atoms with Crippen molar-refractivity contribution in [2.24, 2.45) is 5.92 Å². The first-order chi connectivity index (χ1) is 11.4. The highest BCUT2D eigenvalue weighted by Crippen LogP contribution is 2.21. The summed E-state index contributed by atoms with van der Waals surface area (Å²) in [5.74, 6) is -0.607. The van der Waals surface area contributed by atoms with Crippen molar-refractivity contribution in [2.75, 3.05) is 6.61 Å². The lowest BCUT2D eigenvalue weighted by Gasteiger charge is -2.22. The van der Waals surface area contributed by atoms with Gasteiger partial charge < -0.3 is 10.4 Å². The monoisotopic (exact) mass is 397 g/mol. The molecular weight excluding hydrogens is 377 g/mol. The van der Waals surface area contributed by atoms with Crippen LogP contribution in [0.4, 0.5) is 4.39 Å². The van der Waals surface area contributed by atoms with Gasteiger partial charge in [0, 0.05) is 4.47 Å². The number of nitrogens with zero attached hydrogens (tertiary/aromatic N) is 2. The third-order valence-electron chi connectivity index (χ3n) is 4.24. The van der Waals surface area contributed by atoms with Gasteiger partial charge in [-0.3, -0.25) is 4.79 Å². The van der Waals surface area contributed by atoms with Gasteiger partial charge in [0.2, 0.25) is 0 Å². The van der Waals surface area contributed by atoms with Gasteiger partial charge in [-0.05, 0) is 31.0 Å². The minimum atomic E-state index is -0.435. The van der Waals surface area contributed by atoms with Crippen molar-refractivity contribution < 1.29 is 14.3 Å². The average Bonchev–Trinajstić information content (AvgIpc) is 2.93. The molecule has 1 heterocycles. The summed E-state index contributed by atoms with van der Waals surface area (Å²) < 4.78 is 16.1. The van der Waals surface area contributed by atoms with Crippen LogP contribution < -0.4 is 5.32 Å². The second-order valence-electron chi connectivity index (χ2n) is 5.80. The van der Waals surface area contributed by atoms with Crippen LogP contribution in [-0.4, -0.2) is 33.4 Å². The van der Waals surface area contributed by atoms with Gasteiger partial charge in [0.25, 0.3) is 5.91 Å². The van der Waals surface area contributed by atoms with Crippen LogP contribution in [0.25, 0.3) is 5.69 Å². The highest BCUT2D eigenvalue weighted by atomic mass is 79.9. The number of aliphatic hydroxyl groups is 1. The van der Waals surface area contributed by atoms with E-state index in [1.165, 1.54) is 16.9 Å². The summed E-state index contributed by atoms with van der Waals surface area (Å²) in [6.45, 7) is 5.55. The van der Waals surface area contributed by atoms with Crippen molar-refractivity contribution in [3.63, 3.8) is 0 Å². The van der Waals surface area contributed by atoms with Crippen LogP contribution in [0.1, 0.15) is 36.3 Å². The Morgan fingerprint density at radius 2 is 2.21 bits per heavy atom. The van der Waals surface area contributed by atoms with Crippen molar-refractivity contribution in [3.8, 4) is 5.69 Å². The summed E-state index contributed by atoms with van der Waals surface area (Å²) in [6.07, 6.45) is 2.26. The van der Waals surface area contributed by atoms with E-state index < -0.39 is 5.82 Å². The number of hydrogen-bond donors (Lipinski definition) is 2. The fourth-order valence-electron chi connectivity index (χ4n) is 2.43. The predicted octanol–water partition coefficient (Wildman–Crippen LogP) is 3.22. The van der Waals surface area contributed by atoms with Gasteiger partial charge in [0.15, 0.2) is 0 Å². The van der Waals surface area contributed by atoms with Crippen LogP contribution in [0.2, 0.25) is 0 Å². The maximum Gasteiger partial charge on any atom is 0.255 e. The van der Waals surface area contributed by atoms with Crippen LogP contribution in [0.5, 0.6) is 0 Å². The quantitative estimate of drug-likeness (QED) is 0.785. The van der Waals surface area contributed by atoms with Crippen LogP contribution in [0.15, 0.2) is 28.9 Å². The first kappa shape index (κ1) is 18.6. The number of rotatable bonds is 6. The average molecular weight is 398 g/mol. The Kier molecular flexibility index (Phi) is 6.12. The standard InChI is InChI=1S/C17H21BrFN3O2/c1-4-10(2)15(9-23)21-17(24)13-8-20-22(11(13)3)16-6-5-12(18)7-14(16)19/h5-8,10,15,23H,4,9H2,1-3H3,(H,21,24)/t10-,15+/m1/s1. The second kappa shape index (κ2) is 7.90. The zero-order chi connectivity index (χ0) is 17.9. The van der Waals surface area contributed by atoms with E-state index in [2.05, 4.69) is 26.3 Å². The highest BCUT2D eigenvalue weighted by Gasteiger charge is 2.22. The molecule has 0 saturated carbocycles. The molecule has 2 rings (SSSR count). The Morgan fingerprint density at radius 1 is 1.50 bits per heavy atom. The molecule has 0 fully saturated rings. The van der Waals surface area contributed by atoms with E-state index >= 15 is 0 Å². The van der Waals surface area contributed by atoms with Gasteiger partial charge in [0.1, 0.15) is 11.5 Å². The zero-order valence-corrected chi connectivity index (χ0v) is 15.5. The molecule has 0 radical (unpaired) electrons. The minimum absolute atomic E-state index is 0.130. The Balaban J connectivity index is 2.27. The number of aromatic nitrogens is 2. The molecule has 130 valence electrons. The smallest absolute Gasteiger partial charge is 0.255 e. The van der Waals surface area contributed by atoms with Crippen molar-refractivity contribution in [3.05, 3.63) is 45.9 Å². The fourth-order valence-corrected chi connectivity index (χ4v) is 2.76. The van der Waals surface area contributed by atoms with Gasteiger partial charge in [-0.1, -0.05) is 36.2 Å². The lowest BCUT2D eigenvalue weighted by Crippen LogP contribution is -2.42. The largest absolute Gasteiger partial charge is 0.394 e. The Bertz CT molecular complexity index is 733. The van der Waals surface area contributed by atoms with Gasteiger partial charge in [-0.25, -0.2) is 9.07 Å². The first-order valence-corrected chi connectivity index (χ1v) is 8.60. The lowest BCUT2D eigenvalue weighted by atomic mass is 9.99. The van der Waals surface area contributed by atoms with Crippen LogP contribution in [-0.2, 0) is 0 Å². The molecule has 2 aromatic rings. The molecule has 0 aliphatic heterocycles. The van der Waals surface area contributed by atoms with E-state index in [0.717, 1.165) is 6.42 Å². The molecule has 0 unspecified atom stereocenters. The van der Waals surface area contributed by atoms with E-state index in [4.69, 9.17) is 0 Å². The number of halogens is 2. The van der Waals surface area contributed by atoms with Gasteiger partial charge in [-0.15, -0.1) is 0 Å². The Labute approximate surface area is 149 Å². The number of amides is 1. The minimum Gasteiger partial charge on any atom is -0.394 e. The number of aliphatic hydroxyl groups excluding tert-OH is 1. The van der Waals surface area contributed by atoms with E-state index in [-0.39, 0.29) is 30.2 Å². The van der Waals surface area contributed by atoms with Crippen molar-refractivity contribution in [2.45, 2.75) is 33.2 Å². The third-order valence-corrected chi connectivity index (χ3v) is 4.73. The molecule has 0 bridgehead atoms. The van der Waals surface area contributed by atoms with Crippen LogP contribution in [0, 0.1) is 18.7 Å². The summed E-state index contributed by atoms with van der Waals surface area (Å²) in [6, 6.07) is 4.33. The number of nitrogens with one attached hydrogen (secondary N) is 1. The highest BCUT2D eigenvalue weighted by molar-refractivity contribution is 9.10. The number of hydrogen-bond acceptors (Lipinski definition) is 3. The molecule has 5 nitrogen and oxygen atoms in total. The third kappa shape index (κ3) is 3.84. The molecule has 24 heavy (non-hydrogen) atoms. The normalized spacial score (nSPS) is 13.6. The van der Waals surface area contributed by atoms with Gasteiger partial charge in [-0.2, -0.15) is 5.10 Å². The summed E-state index contributed by atoms with van der Waals surface area (Å²) in [5.41, 5.74) is 1.17. The number of carbonyl (C=O) groups is 1. The first-order valence-electron chi connectivity index (χ1n) is 7.80. The van der Waals surface area contributed by atoms with Crippen molar-refractivity contribution >= 4 is 21.8 Å². The molecule has 7 heteroatoms. The molecule has 0 aliphatic rings. The molecule has 1 aromatic carbocycles. The molecule has 0 aliphatic carbocycles. The van der Waals surface area contributed by atoms with Crippen LogP contribution in [0.3, 0.4) is 0 Å². The van der Waals surface area contributed by atoms with Crippen molar-refractivity contribution in [1.29, 1.82) is 0 Å². The zero-order valence-electron chi connectivity index (χ0n) is 13.9. The van der Waals surface area contributed by atoms with E-state index in [9.17, 15) is 14.3 Å². The summed E-state index contributed by atoms with van der Waals surface area (Å²) in [4.78, 5) is 12.5. The van der Waals surface area contributed by atoms with Crippen molar-refractivity contribution in [1.82, 2.24) is 15.1 Å². The Morgan fingerprint density at radius 3 is 2.79 bits per heavy atom. The molecule has 0 saturated heterocycles. The van der Waals surface area contributed by atoms with E-state index in [1.807, 2.05) is 13.8 Å². The Hall–Kier alpha value is -1.73. The summed E-state index contributed by atoms with van der Waals surface area (Å²) >= 11 is 3.21. The fraction of sp³-hybridized carbons (Fsp3) is 0.412. The summed E-state index contributed by atoms with van der Waals surface area (Å²) in [5, 5.41) is 16.4. The number of benzene rings is 1. The number of carbonyl (C=O) groups excluding carboxylic acids is 1. The van der Waals surface area contributed by atoms with Gasteiger partial charge >= 0.3 is 0 Å². The van der Waals surface area contributed by atoms with Gasteiger partial charge in [0.05, 0.1) is 30.1 Å². The van der Waals surface area contributed by atoms with E-state index in [1.54, 1.807) is 19.1 Å². The molecule has 0 spiro atoms. The lowest BCUT2D eigenvalue weighted by molar-refractivity contribution is 0.0890. The topological polar surface area (TPSA) is 67.2 Å². The SMILES string of the molecule is CC[C@@H](C)[C@H](CO)NC(=O)c1cnn(-c2ccc(Br)cc2F)c1C. The molecule has 2 N–H and O–H groups in total. The molecule has 1 amide bonds. The maximum atomic E-state index is 14.1. The second-order valence-corrected chi connectivity index (χ2v) is 6.71. The molecular formula is C17H21BrFN3O2. The predicted molar refractivity (Wildman–Crippen MR) is 93.8 cm³/mol. The maximum absolute atomic E-state index is 14.1. The van der Waals surface area contributed by atoms with E-state index in [0.29, 0.717) is 15.7 Å². The summed E-state index contributed by atoms with van der Waals surface area (Å²) in [7, 11) is 0.